The van der Waals surface area contributed by atoms with Crippen molar-refractivity contribution >= 4 is 35.0 Å². The van der Waals surface area contributed by atoms with Crippen LogP contribution in [0.15, 0.2) is 46.0 Å². The Kier molecular flexibility index (Phi) is 6.03. The third-order valence-corrected chi connectivity index (χ3v) is 4.97. The zero-order valence-electron chi connectivity index (χ0n) is 15.1. The predicted octanol–water partition coefficient (Wildman–Crippen LogP) is 4.75. The van der Waals surface area contributed by atoms with E-state index in [-0.39, 0.29) is 17.6 Å². The van der Waals surface area contributed by atoms with Gasteiger partial charge in [-0.15, -0.1) is 10.2 Å². The van der Waals surface area contributed by atoms with Crippen LogP contribution in [-0.4, -0.2) is 29.0 Å². The number of nitrogens with one attached hydrogen (secondary N) is 1. The molecule has 0 aliphatic heterocycles. The lowest BCUT2D eigenvalue weighted by atomic mass is 10.1. The molecule has 0 fully saturated rings. The Morgan fingerprint density at radius 2 is 2.00 bits per heavy atom. The van der Waals surface area contributed by atoms with Gasteiger partial charge in [-0.05, 0) is 55.3 Å². The summed E-state index contributed by atoms with van der Waals surface area (Å²) in [6, 6.07) is 10.9. The van der Waals surface area contributed by atoms with Crippen molar-refractivity contribution in [1.29, 1.82) is 0 Å². The number of rotatable bonds is 6. The SMILES string of the molecule is COc1ccc(Cl)cc1-c1nnc(SCC(=O)Nc2ccc(C)c(C)c2)o1. The quantitative estimate of drug-likeness (QED) is 0.598. The molecule has 0 bridgehead atoms. The van der Waals surface area contributed by atoms with Gasteiger partial charge in [0.15, 0.2) is 0 Å². The number of hydrogen-bond donors (Lipinski definition) is 1. The second-order valence-electron chi connectivity index (χ2n) is 5.85. The van der Waals surface area contributed by atoms with Crippen LogP contribution in [0.5, 0.6) is 5.75 Å². The van der Waals surface area contributed by atoms with Crippen LogP contribution in [0.3, 0.4) is 0 Å². The summed E-state index contributed by atoms with van der Waals surface area (Å²) in [5.41, 5.74) is 3.66. The highest BCUT2D eigenvalue weighted by molar-refractivity contribution is 7.99. The maximum Gasteiger partial charge on any atom is 0.277 e. The third kappa shape index (κ3) is 4.81. The van der Waals surface area contributed by atoms with E-state index < -0.39 is 0 Å². The molecule has 0 aliphatic rings. The summed E-state index contributed by atoms with van der Waals surface area (Å²) >= 11 is 7.19. The van der Waals surface area contributed by atoms with Crippen LogP contribution in [-0.2, 0) is 4.79 Å². The van der Waals surface area contributed by atoms with E-state index >= 15 is 0 Å². The summed E-state index contributed by atoms with van der Waals surface area (Å²) in [6.07, 6.45) is 0. The number of nitrogens with zero attached hydrogens (tertiary/aromatic N) is 2. The summed E-state index contributed by atoms with van der Waals surface area (Å²) in [4.78, 5) is 12.1. The van der Waals surface area contributed by atoms with Crippen LogP contribution in [0.1, 0.15) is 11.1 Å². The normalized spacial score (nSPS) is 10.7. The fourth-order valence-electron chi connectivity index (χ4n) is 2.37. The second-order valence-corrected chi connectivity index (χ2v) is 7.22. The molecular weight excluding hydrogens is 386 g/mol. The smallest absolute Gasteiger partial charge is 0.277 e. The first-order chi connectivity index (χ1) is 13.0. The topological polar surface area (TPSA) is 77.2 Å². The number of carbonyl (C=O) groups is 1. The number of aromatic nitrogens is 2. The molecular formula is C19H18ClN3O3S. The third-order valence-electron chi connectivity index (χ3n) is 3.92. The van der Waals surface area contributed by atoms with Gasteiger partial charge in [0.2, 0.25) is 5.91 Å². The lowest BCUT2D eigenvalue weighted by molar-refractivity contribution is -0.113. The molecule has 1 heterocycles. The van der Waals surface area contributed by atoms with Gasteiger partial charge in [0.1, 0.15) is 5.75 Å². The van der Waals surface area contributed by atoms with E-state index in [0.717, 1.165) is 23.0 Å². The second kappa shape index (κ2) is 8.45. The van der Waals surface area contributed by atoms with Gasteiger partial charge in [0, 0.05) is 10.7 Å². The molecule has 0 aliphatic carbocycles. The average Bonchev–Trinajstić information content (AvgIpc) is 3.12. The van der Waals surface area contributed by atoms with Crippen molar-refractivity contribution in [1.82, 2.24) is 10.2 Å². The van der Waals surface area contributed by atoms with Crippen molar-refractivity contribution in [2.24, 2.45) is 0 Å². The molecule has 140 valence electrons. The first kappa shape index (κ1) is 19.3. The lowest BCUT2D eigenvalue weighted by Crippen LogP contribution is -2.14. The van der Waals surface area contributed by atoms with E-state index in [0.29, 0.717) is 21.6 Å². The number of amides is 1. The van der Waals surface area contributed by atoms with Gasteiger partial charge in [0.05, 0.1) is 18.4 Å². The van der Waals surface area contributed by atoms with Crippen LogP contribution in [0, 0.1) is 13.8 Å². The molecule has 1 aromatic heterocycles. The van der Waals surface area contributed by atoms with Crippen LogP contribution in [0.25, 0.3) is 11.5 Å². The van der Waals surface area contributed by atoms with E-state index in [1.54, 1.807) is 25.3 Å². The molecule has 0 spiro atoms. The molecule has 0 saturated heterocycles. The number of anilines is 1. The highest BCUT2D eigenvalue weighted by Crippen LogP contribution is 2.33. The number of ether oxygens (including phenoxy) is 1. The van der Waals surface area contributed by atoms with Crippen molar-refractivity contribution in [3.05, 3.63) is 52.5 Å². The summed E-state index contributed by atoms with van der Waals surface area (Å²) in [7, 11) is 1.55. The monoisotopic (exact) mass is 403 g/mol. The molecule has 2 aromatic carbocycles. The van der Waals surface area contributed by atoms with Gasteiger partial charge in [-0.2, -0.15) is 0 Å². The van der Waals surface area contributed by atoms with E-state index in [1.807, 2.05) is 32.0 Å². The Morgan fingerprint density at radius 3 is 2.74 bits per heavy atom. The standard InChI is InChI=1S/C19H18ClN3O3S/c1-11-4-6-14(8-12(11)2)21-17(24)10-27-19-23-22-18(26-19)15-9-13(20)5-7-16(15)25-3/h4-9H,10H2,1-3H3,(H,21,24). The van der Waals surface area contributed by atoms with Crippen LogP contribution < -0.4 is 10.1 Å². The molecule has 1 amide bonds. The van der Waals surface area contributed by atoms with E-state index in [4.69, 9.17) is 20.8 Å². The number of methoxy groups -OCH3 is 1. The zero-order chi connectivity index (χ0) is 19.4. The highest BCUT2D eigenvalue weighted by Gasteiger charge is 2.15. The number of thioether (sulfide) groups is 1. The van der Waals surface area contributed by atoms with Gasteiger partial charge in [-0.25, -0.2) is 0 Å². The van der Waals surface area contributed by atoms with E-state index in [1.165, 1.54) is 5.56 Å². The van der Waals surface area contributed by atoms with Gasteiger partial charge in [-0.1, -0.05) is 29.4 Å². The van der Waals surface area contributed by atoms with Crippen molar-refractivity contribution in [3.63, 3.8) is 0 Å². The summed E-state index contributed by atoms with van der Waals surface area (Å²) in [5.74, 6) is 0.864. The van der Waals surface area contributed by atoms with Gasteiger partial charge < -0.3 is 14.5 Å². The molecule has 0 atom stereocenters. The Hall–Kier alpha value is -2.51. The van der Waals surface area contributed by atoms with Gasteiger partial charge in [-0.3, -0.25) is 4.79 Å². The Bertz CT molecular complexity index is 975. The minimum Gasteiger partial charge on any atom is -0.496 e. The summed E-state index contributed by atoms with van der Waals surface area (Å²) in [5, 5.41) is 11.7. The summed E-state index contributed by atoms with van der Waals surface area (Å²) < 4.78 is 10.9. The molecule has 3 rings (SSSR count). The molecule has 0 radical (unpaired) electrons. The lowest BCUT2D eigenvalue weighted by Gasteiger charge is -2.06. The average molecular weight is 404 g/mol. The molecule has 1 N–H and O–H groups in total. The van der Waals surface area contributed by atoms with Crippen LogP contribution in [0.4, 0.5) is 5.69 Å². The molecule has 3 aromatic rings. The summed E-state index contributed by atoms with van der Waals surface area (Å²) in [6.45, 7) is 4.03. The van der Waals surface area contributed by atoms with Gasteiger partial charge >= 0.3 is 0 Å². The number of hydrogen-bond acceptors (Lipinski definition) is 6. The molecule has 27 heavy (non-hydrogen) atoms. The van der Waals surface area contributed by atoms with Crippen molar-refractivity contribution in [2.75, 3.05) is 18.2 Å². The van der Waals surface area contributed by atoms with Crippen LogP contribution in [0.2, 0.25) is 5.02 Å². The minimum atomic E-state index is -0.150. The van der Waals surface area contributed by atoms with Crippen molar-refractivity contribution in [3.8, 4) is 17.2 Å². The van der Waals surface area contributed by atoms with Crippen molar-refractivity contribution < 1.29 is 13.9 Å². The molecule has 0 saturated carbocycles. The fourth-order valence-corrected chi connectivity index (χ4v) is 3.10. The number of halogens is 1. The fraction of sp³-hybridized carbons (Fsp3) is 0.211. The Labute approximate surface area is 166 Å². The zero-order valence-corrected chi connectivity index (χ0v) is 16.6. The van der Waals surface area contributed by atoms with E-state index in [2.05, 4.69) is 15.5 Å². The molecule has 0 unspecified atom stereocenters. The van der Waals surface area contributed by atoms with Crippen LogP contribution >= 0.6 is 23.4 Å². The molecule has 6 nitrogen and oxygen atoms in total. The molecule has 8 heteroatoms. The highest BCUT2D eigenvalue weighted by atomic mass is 35.5. The number of aryl methyl sites for hydroxylation is 2. The van der Waals surface area contributed by atoms with Gasteiger partial charge in [0.25, 0.3) is 11.1 Å². The maximum atomic E-state index is 12.1. The Morgan fingerprint density at radius 1 is 1.19 bits per heavy atom. The Balaban J connectivity index is 1.63. The number of carbonyl (C=O) groups excluding carboxylic acids is 1. The number of benzene rings is 2. The maximum absolute atomic E-state index is 12.1. The van der Waals surface area contributed by atoms with E-state index in [9.17, 15) is 4.79 Å². The van der Waals surface area contributed by atoms with Crippen molar-refractivity contribution in [2.45, 2.75) is 19.1 Å². The minimum absolute atomic E-state index is 0.150. The largest absolute Gasteiger partial charge is 0.496 e. The first-order valence-electron chi connectivity index (χ1n) is 8.13. The predicted molar refractivity (Wildman–Crippen MR) is 107 cm³/mol. The first-order valence-corrected chi connectivity index (χ1v) is 9.50.